The molecule has 4 nitrogen and oxygen atoms in total. The van der Waals surface area contributed by atoms with Gasteiger partial charge < -0.3 is 20.3 Å². The highest BCUT2D eigenvalue weighted by molar-refractivity contribution is 9.10. The van der Waals surface area contributed by atoms with Gasteiger partial charge in [-0.05, 0) is 54.4 Å². The number of benzene rings is 1. The summed E-state index contributed by atoms with van der Waals surface area (Å²) in [6, 6.07) is 5.82. The van der Waals surface area contributed by atoms with Crippen LogP contribution in [0.1, 0.15) is 26.3 Å². The van der Waals surface area contributed by atoms with E-state index in [1.807, 2.05) is 18.2 Å². The third kappa shape index (κ3) is 6.38. The van der Waals surface area contributed by atoms with E-state index >= 15 is 0 Å². The summed E-state index contributed by atoms with van der Waals surface area (Å²) in [7, 11) is 0. The average molecular weight is 332 g/mol. The maximum Gasteiger partial charge on any atom is 0.133 e. The van der Waals surface area contributed by atoms with Crippen molar-refractivity contribution < 1.29 is 14.9 Å². The first-order chi connectivity index (χ1) is 8.81. The lowest BCUT2D eigenvalue weighted by Gasteiger charge is -2.21. The molecule has 0 aliphatic carbocycles. The summed E-state index contributed by atoms with van der Waals surface area (Å²) < 4.78 is 6.25. The van der Waals surface area contributed by atoms with E-state index in [4.69, 9.17) is 9.84 Å². The van der Waals surface area contributed by atoms with E-state index in [1.165, 1.54) is 0 Å². The molecule has 0 aromatic heterocycles. The quantitative estimate of drug-likeness (QED) is 0.746. The molecular formula is C14H22BrNO3. The van der Waals surface area contributed by atoms with Gasteiger partial charge in [0.2, 0.25) is 0 Å². The van der Waals surface area contributed by atoms with Gasteiger partial charge >= 0.3 is 0 Å². The number of nitrogens with one attached hydrogen (secondary N) is 1. The Kier molecular flexibility index (Phi) is 6.26. The molecule has 0 spiro atoms. The number of ether oxygens (including phenoxy) is 1. The molecule has 0 aliphatic rings. The van der Waals surface area contributed by atoms with Gasteiger partial charge in [-0.15, -0.1) is 0 Å². The lowest BCUT2D eigenvalue weighted by Crippen LogP contribution is -2.35. The summed E-state index contributed by atoms with van der Waals surface area (Å²) in [5.41, 5.74) is 1.23. The van der Waals surface area contributed by atoms with Crippen molar-refractivity contribution in [3.63, 3.8) is 0 Å². The van der Waals surface area contributed by atoms with Crippen molar-refractivity contribution in [2.24, 2.45) is 0 Å². The van der Waals surface area contributed by atoms with Crippen LogP contribution >= 0.6 is 15.9 Å². The molecule has 19 heavy (non-hydrogen) atoms. The second-order valence-electron chi connectivity index (χ2n) is 5.52. The zero-order valence-electron chi connectivity index (χ0n) is 11.6. The summed E-state index contributed by atoms with van der Waals surface area (Å²) in [5, 5.41) is 21.4. The van der Waals surface area contributed by atoms with Crippen molar-refractivity contribution in [3.8, 4) is 5.75 Å². The van der Waals surface area contributed by atoms with E-state index < -0.39 is 6.10 Å². The van der Waals surface area contributed by atoms with Crippen molar-refractivity contribution in [1.82, 2.24) is 5.32 Å². The van der Waals surface area contributed by atoms with Crippen LogP contribution in [0.25, 0.3) is 0 Å². The molecule has 1 aromatic rings. The van der Waals surface area contributed by atoms with Crippen molar-refractivity contribution >= 4 is 15.9 Å². The normalized spacial score (nSPS) is 13.4. The second kappa shape index (κ2) is 7.24. The molecule has 1 atom stereocenters. The predicted octanol–water partition coefficient (Wildman–Crippen LogP) is 2.07. The monoisotopic (exact) mass is 331 g/mol. The standard InChI is InChI=1S/C14H22BrNO3/c1-14(2,3)16-7-10-4-5-13(12(15)6-10)19-9-11(18)8-17/h4-6,11,16-18H,7-9H2,1-3H3. The summed E-state index contributed by atoms with van der Waals surface area (Å²) in [4.78, 5) is 0. The molecule has 1 rings (SSSR count). The third-order valence-corrected chi connectivity index (χ3v) is 3.08. The fraction of sp³-hybridized carbons (Fsp3) is 0.571. The van der Waals surface area contributed by atoms with Gasteiger partial charge in [-0.1, -0.05) is 6.07 Å². The number of aliphatic hydroxyl groups excluding tert-OH is 2. The van der Waals surface area contributed by atoms with Gasteiger partial charge in [0.15, 0.2) is 0 Å². The highest BCUT2D eigenvalue weighted by atomic mass is 79.9. The smallest absolute Gasteiger partial charge is 0.133 e. The molecule has 3 N–H and O–H groups in total. The van der Waals surface area contributed by atoms with Gasteiger partial charge in [0.1, 0.15) is 18.5 Å². The number of aliphatic hydroxyl groups is 2. The molecule has 0 amide bonds. The Hall–Kier alpha value is -0.620. The van der Waals surface area contributed by atoms with Gasteiger partial charge in [0.05, 0.1) is 11.1 Å². The van der Waals surface area contributed by atoms with Gasteiger partial charge in [-0.3, -0.25) is 0 Å². The highest BCUT2D eigenvalue weighted by Crippen LogP contribution is 2.26. The number of rotatable bonds is 6. The minimum atomic E-state index is -0.853. The molecule has 108 valence electrons. The molecule has 0 heterocycles. The first-order valence-corrected chi connectivity index (χ1v) is 7.06. The predicted molar refractivity (Wildman–Crippen MR) is 79.3 cm³/mol. The van der Waals surface area contributed by atoms with E-state index in [-0.39, 0.29) is 18.8 Å². The van der Waals surface area contributed by atoms with Crippen molar-refractivity contribution in [3.05, 3.63) is 28.2 Å². The maximum absolute atomic E-state index is 9.24. The largest absolute Gasteiger partial charge is 0.490 e. The average Bonchev–Trinajstić information content (AvgIpc) is 2.34. The summed E-state index contributed by atoms with van der Waals surface area (Å²) in [5.74, 6) is 0.659. The maximum atomic E-state index is 9.24. The first kappa shape index (κ1) is 16.4. The van der Waals surface area contributed by atoms with Crippen LogP contribution in [0.2, 0.25) is 0 Å². The van der Waals surface area contributed by atoms with Gasteiger partial charge in [0.25, 0.3) is 0 Å². The molecular weight excluding hydrogens is 310 g/mol. The van der Waals surface area contributed by atoms with Crippen LogP contribution in [0.3, 0.4) is 0 Å². The molecule has 0 saturated carbocycles. The SMILES string of the molecule is CC(C)(C)NCc1ccc(OCC(O)CO)c(Br)c1. The van der Waals surface area contributed by atoms with Crippen molar-refractivity contribution in [2.45, 2.75) is 39.0 Å². The Labute approximate surface area is 122 Å². The topological polar surface area (TPSA) is 61.7 Å². The van der Waals surface area contributed by atoms with Crippen LogP contribution in [-0.4, -0.2) is 35.1 Å². The van der Waals surface area contributed by atoms with Gasteiger partial charge in [0, 0.05) is 12.1 Å². The second-order valence-corrected chi connectivity index (χ2v) is 6.37. The molecule has 5 heteroatoms. The fourth-order valence-electron chi connectivity index (χ4n) is 1.38. The van der Waals surface area contributed by atoms with Gasteiger partial charge in [-0.25, -0.2) is 0 Å². The first-order valence-electron chi connectivity index (χ1n) is 6.27. The number of halogens is 1. The lowest BCUT2D eigenvalue weighted by atomic mass is 10.1. The summed E-state index contributed by atoms with van der Waals surface area (Å²) >= 11 is 3.44. The summed E-state index contributed by atoms with van der Waals surface area (Å²) in [6.07, 6.45) is -0.853. The molecule has 1 unspecified atom stereocenters. The molecule has 0 bridgehead atoms. The molecule has 0 saturated heterocycles. The zero-order chi connectivity index (χ0) is 14.5. The molecule has 0 fully saturated rings. The van der Waals surface area contributed by atoms with E-state index in [0.717, 1.165) is 16.6 Å². The van der Waals surface area contributed by atoms with Crippen LogP contribution in [0.4, 0.5) is 0 Å². The zero-order valence-corrected chi connectivity index (χ0v) is 13.2. The van der Waals surface area contributed by atoms with Crippen LogP contribution in [0, 0.1) is 0 Å². The minimum absolute atomic E-state index is 0.0763. The van der Waals surface area contributed by atoms with E-state index in [1.54, 1.807) is 0 Å². The Morgan fingerprint density at radius 3 is 2.58 bits per heavy atom. The van der Waals surface area contributed by atoms with Crippen LogP contribution < -0.4 is 10.1 Å². The lowest BCUT2D eigenvalue weighted by molar-refractivity contribution is 0.0533. The van der Waals surface area contributed by atoms with Crippen molar-refractivity contribution in [2.75, 3.05) is 13.2 Å². The summed E-state index contributed by atoms with van der Waals surface area (Å²) in [6.45, 7) is 6.92. The minimum Gasteiger partial charge on any atom is -0.490 e. The van der Waals surface area contributed by atoms with Crippen LogP contribution in [-0.2, 0) is 6.54 Å². The Morgan fingerprint density at radius 2 is 2.05 bits per heavy atom. The number of hydrogen-bond acceptors (Lipinski definition) is 4. The fourth-order valence-corrected chi connectivity index (χ4v) is 1.92. The van der Waals surface area contributed by atoms with Crippen LogP contribution in [0.5, 0.6) is 5.75 Å². The molecule has 0 radical (unpaired) electrons. The van der Waals surface area contributed by atoms with E-state index in [0.29, 0.717) is 5.75 Å². The van der Waals surface area contributed by atoms with Crippen LogP contribution in [0.15, 0.2) is 22.7 Å². The van der Waals surface area contributed by atoms with Crippen molar-refractivity contribution in [1.29, 1.82) is 0 Å². The Morgan fingerprint density at radius 1 is 1.37 bits per heavy atom. The van der Waals surface area contributed by atoms with E-state index in [9.17, 15) is 5.11 Å². The van der Waals surface area contributed by atoms with E-state index in [2.05, 4.69) is 42.0 Å². The third-order valence-electron chi connectivity index (χ3n) is 2.46. The molecule has 1 aromatic carbocycles. The Balaban J connectivity index is 2.59. The number of hydrogen-bond donors (Lipinski definition) is 3. The van der Waals surface area contributed by atoms with Gasteiger partial charge in [-0.2, -0.15) is 0 Å². The molecule has 0 aliphatic heterocycles. The highest BCUT2D eigenvalue weighted by Gasteiger charge is 2.10. The Bertz CT molecular complexity index is 404.